The number of thiazole rings is 1. The van der Waals surface area contributed by atoms with Crippen LogP contribution in [0.25, 0.3) is 10.2 Å². The second-order valence-corrected chi connectivity index (χ2v) is 4.72. The van der Waals surface area contributed by atoms with Crippen molar-refractivity contribution in [2.24, 2.45) is 0 Å². The van der Waals surface area contributed by atoms with Gasteiger partial charge in [-0.2, -0.15) is 0 Å². The molecule has 3 aromatic rings. The zero-order chi connectivity index (χ0) is 12.4. The van der Waals surface area contributed by atoms with Gasteiger partial charge < -0.3 is 9.47 Å². The average molecular weight is 257 g/mol. The summed E-state index contributed by atoms with van der Waals surface area (Å²) in [6.07, 6.45) is 0. The van der Waals surface area contributed by atoms with Crippen LogP contribution in [0.3, 0.4) is 0 Å². The standard InChI is InChI=1S/C14H11NO2S/c1-16-10-6-8-11(9-7-10)17-14-15-12-4-2-3-5-13(12)18-14/h2-9H,1H3. The number of para-hydroxylation sites is 1. The molecule has 1 aromatic heterocycles. The van der Waals surface area contributed by atoms with E-state index >= 15 is 0 Å². The van der Waals surface area contributed by atoms with Crippen LogP contribution in [0.4, 0.5) is 0 Å². The molecule has 4 heteroatoms. The minimum absolute atomic E-state index is 0.654. The fourth-order valence-electron chi connectivity index (χ4n) is 1.64. The SMILES string of the molecule is COc1ccc(Oc2nc3ccccc3s2)cc1. The summed E-state index contributed by atoms with van der Waals surface area (Å²) < 4.78 is 11.9. The molecule has 0 radical (unpaired) electrons. The van der Waals surface area contributed by atoms with Gasteiger partial charge >= 0.3 is 0 Å². The van der Waals surface area contributed by atoms with Crippen LogP contribution >= 0.6 is 11.3 Å². The average Bonchev–Trinajstić information content (AvgIpc) is 2.82. The predicted molar refractivity (Wildman–Crippen MR) is 72.7 cm³/mol. The van der Waals surface area contributed by atoms with Crippen LogP contribution in [0.1, 0.15) is 0 Å². The van der Waals surface area contributed by atoms with Gasteiger partial charge in [-0.25, -0.2) is 4.98 Å². The fraction of sp³-hybridized carbons (Fsp3) is 0.0714. The van der Waals surface area contributed by atoms with Crippen LogP contribution in [-0.4, -0.2) is 12.1 Å². The van der Waals surface area contributed by atoms with Gasteiger partial charge in [0, 0.05) is 0 Å². The molecule has 2 aromatic carbocycles. The Morgan fingerprint density at radius 3 is 2.39 bits per heavy atom. The molecule has 90 valence electrons. The van der Waals surface area contributed by atoms with E-state index < -0.39 is 0 Å². The molecule has 0 amide bonds. The van der Waals surface area contributed by atoms with Crippen LogP contribution in [0.15, 0.2) is 48.5 Å². The van der Waals surface area contributed by atoms with Crippen molar-refractivity contribution >= 4 is 21.6 Å². The first kappa shape index (κ1) is 11.0. The normalized spacial score (nSPS) is 10.5. The third kappa shape index (κ3) is 2.15. The maximum absolute atomic E-state index is 5.71. The molecule has 0 saturated carbocycles. The molecule has 0 N–H and O–H groups in total. The first-order valence-electron chi connectivity index (χ1n) is 5.52. The first-order valence-corrected chi connectivity index (χ1v) is 6.34. The Balaban J connectivity index is 1.86. The highest BCUT2D eigenvalue weighted by atomic mass is 32.1. The molecule has 0 aliphatic heterocycles. The molecule has 0 aliphatic carbocycles. The summed E-state index contributed by atoms with van der Waals surface area (Å²) in [5.74, 6) is 1.57. The molecule has 0 spiro atoms. The topological polar surface area (TPSA) is 31.4 Å². The molecule has 0 bridgehead atoms. The van der Waals surface area contributed by atoms with Crippen LogP contribution in [0.5, 0.6) is 16.7 Å². The van der Waals surface area contributed by atoms with Gasteiger partial charge in [0.05, 0.1) is 17.3 Å². The Kier molecular flexibility index (Phi) is 2.86. The van der Waals surface area contributed by atoms with Crippen molar-refractivity contribution in [3.63, 3.8) is 0 Å². The fourth-order valence-corrected chi connectivity index (χ4v) is 2.47. The van der Waals surface area contributed by atoms with E-state index in [1.165, 1.54) is 11.3 Å². The maximum atomic E-state index is 5.71. The Labute approximate surface area is 109 Å². The summed E-state index contributed by atoms with van der Waals surface area (Å²) in [7, 11) is 1.64. The van der Waals surface area contributed by atoms with Gasteiger partial charge in [-0.3, -0.25) is 0 Å². The summed E-state index contributed by atoms with van der Waals surface area (Å²) in [5.41, 5.74) is 0.964. The highest BCUT2D eigenvalue weighted by molar-refractivity contribution is 7.20. The van der Waals surface area contributed by atoms with Gasteiger partial charge in [0.2, 0.25) is 0 Å². The maximum Gasteiger partial charge on any atom is 0.279 e. The van der Waals surface area contributed by atoms with E-state index in [4.69, 9.17) is 9.47 Å². The third-order valence-electron chi connectivity index (χ3n) is 2.54. The van der Waals surface area contributed by atoms with Crippen LogP contribution in [0.2, 0.25) is 0 Å². The van der Waals surface area contributed by atoms with Gasteiger partial charge in [0.1, 0.15) is 11.5 Å². The van der Waals surface area contributed by atoms with Crippen molar-refractivity contribution in [2.75, 3.05) is 7.11 Å². The molecular formula is C14H11NO2S. The number of hydrogen-bond donors (Lipinski definition) is 0. The smallest absolute Gasteiger partial charge is 0.279 e. The summed E-state index contributed by atoms with van der Waals surface area (Å²) >= 11 is 1.54. The van der Waals surface area contributed by atoms with Crippen molar-refractivity contribution in [1.29, 1.82) is 0 Å². The van der Waals surface area contributed by atoms with Gasteiger partial charge in [0.15, 0.2) is 0 Å². The molecule has 0 fully saturated rings. The minimum atomic E-state index is 0.654. The first-order chi connectivity index (χ1) is 8.85. The highest BCUT2D eigenvalue weighted by Crippen LogP contribution is 2.31. The Morgan fingerprint density at radius 2 is 1.67 bits per heavy atom. The van der Waals surface area contributed by atoms with Crippen molar-refractivity contribution < 1.29 is 9.47 Å². The van der Waals surface area contributed by atoms with Gasteiger partial charge in [-0.1, -0.05) is 23.5 Å². The van der Waals surface area contributed by atoms with Crippen molar-refractivity contribution in [3.8, 4) is 16.7 Å². The Hall–Kier alpha value is -2.07. The third-order valence-corrected chi connectivity index (χ3v) is 3.45. The number of benzene rings is 2. The zero-order valence-corrected chi connectivity index (χ0v) is 10.6. The molecule has 1 heterocycles. The monoisotopic (exact) mass is 257 g/mol. The quantitative estimate of drug-likeness (QED) is 0.708. The second-order valence-electron chi connectivity index (χ2n) is 3.73. The lowest BCUT2D eigenvalue weighted by molar-refractivity contribution is 0.412. The van der Waals surface area contributed by atoms with E-state index in [-0.39, 0.29) is 0 Å². The predicted octanol–water partition coefficient (Wildman–Crippen LogP) is 4.10. The lowest BCUT2D eigenvalue weighted by atomic mass is 10.3. The van der Waals surface area contributed by atoms with Crippen molar-refractivity contribution in [2.45, 2.75) is 0 Å². The number of hydrogen-bond acceptors (Lipinski definition) is 4. The second kappa shape index (κ2) is 4.66. The van der Waals surface area contributed by atoms with E-state index in [0.29, 0.717) is 5.19 Å². The van der Waals surface area contributed by atoms with Gasteiger partial charge in [-0.15, -0.1) is 0 Å². The zero-order valence-electron chi connectivity index (χ0n) is 9.79. The Bertz CT molecular complexity index is 628. The lowest BCUT2D eigenvalue weighted by Crippen LogP contribution is -1.84. The van der Waals surface area contributed by atoms with Crippen LogP contribution in [0, 0.1) is 0 Å². The van der Waals surface area contributed by atoms with Gasteiger partial charge in [-0.05, 0) is 36.4 Å². The Morgan fingerprint density at radius 1 is 0.944 bits per heavy atom. The summed E-state index contributed by atoms with van der Waals surface area (Å²) in [6, 6.07) is 15.4. The van der Waals surface area contributed by atoms with E-state index in [0.717, 1.165) is 21.7 Å². The van der Waals surface area contributed by atoms with Crippen molar-refractivity contribution in [3.05, 3.63) is 48.5 Å². The molecule has 18 heavy (non-hydrogen) atoms. The molecule has 0 unspecified atom stereocenters. The minimum Gasteiger partial charge on any atom is -0.497 e. The summed E-state index contributed by atoms with van der Waals surface area (Å²) in [6.45, 7) is 0. The van der Waals surface area contributed by atoms with Crippen LogP contribution in [-0.2, 0) is 0 Å². The van der Waals surface area contributed by atoms with E-state index in [1.807, 2.05) is 48.5 Å². The highest BCUT2D eigenvalue weighted by Gasteiger charge is 2.05. The van der Waals surface area contributed by atoms with E-state index in [9.17, 15) is 0 Å². The number of nitrogens with zero attached hydrogens (tertiary/aromatic N) is 1. The molecular weight excluding hydrogens is 246 g/mol. The lowest BCUT2D eigenvalue weighted by Gasteiger charge is -2.02. The van der Waals surface area contributed by atoms with E-state index in [2.05, 4.69) is 4.98 Å². The molecule has 0 saturated heterocycles. The van der Waals surface area contributed by atoms with Crippen LogP contribution < -0.4 is 9.47 Å². The largest absolute Gasteiger partial charge is 0.497 e. The number of ether oxygens (including phenoxy) is 2. The molecule has 3 rings (SSSR count). The molecule has 3 nitrogen and oxygen atoms in total. The number of rotatable bonds is 3. The van der Waals surface area contributed by atoms with E-state index in [1.54, 1.807) is 7.11 Å². The van der Waals surface area contributed by atoms with Gasteiger partial charge in [0.25, 0.3) is 5.19 Å². The summed E-state index contributed by atoms with van der Waals surface area (Å²) in [4.78, 5) is 4.42. The van der Waals surface area contributed by atoms with Crippen molar-refractivity contribution in [1.82, 2.24) is 4.98 Å². The number of aromatic nitrogens is 1. The molecule has 0 aliphatic rings. The number of methoxy groups -OCH3 is 1. The summed E-state index contributed by atoms with van der Waals surface area (Å²) in [5, 5.41) is 0.654. The number of fused-ring (bicyclic) bond motifs is 1. The molecule has 0 atom stereocenters.